The van der Waals surface area contributed by atoms with Gasteiger partial charge in [0.25, 0.3) is 0 Å². The molecular formula is C19H30ClNO6S. The molecule has 0 aromatic heterocycles. The Balaban J connectivity index is 2.07. The van der Waals surface area contributed by atoms with Gasteiger partial charge in [0, 0.05) is 13.0 Å². The maximum Gasteiger partial charge on any atom is 0.303 e. The molecule has 1 aromatic carbocycles. The smallest absolute Gasteiger partial charge is 0.303 e. The highest BCUT2D eigenvalue weighted by Gasteiger charge is 2.11. The number of halogens is 1. The number of sulfonamides is 1. The van der Waals surface area contributed by atoms with E-state index in [1.165, 1.54) is 0 Å². The lowest BCUT2D eigenvalue weighted by molar-refractivity contribution is -0.137. The molecule has 1 aromatic rings. The normalized spacial score (nSPS) is 12.6. The summed E-state index contributed by atoms with van der Waals surface area (Å²) in [4.78, 5) is 10.4. The van der Waals surface area contributed by atoms with Gasteiger partial charge in [-0.05, 0) is 44.2 Å². The van der Waals surface area contributed by atoms with Gasteiger partial charge < -0.3 is 14.9 Å². The van der Waals surface area contributed by atoms with Gasteiger partial charge in [-0.3, -0.25) is 4.79 Å². The highest BCUT2D eigenvalue weighted by Crippen LogP contribution is 2.23. The Labute approximate surface area is 172 Å². The maximum absolute atomic E-state index is 11.9. The van der Waals surface area contributed by atoms with Crippen molar-refractivity contribution in [2.45, 2.75) is 57.5 Å². The summed E-state index contributed by atoms with van der Waals surface area (Å²) >= 11 is 5.97. The molecule has 1 atom stereocenters. The van der Waals surface area contributed by atoms with Crippen LogP contribution in [0.2, 0.25) is 5.02 Å². The Morgan fingerprint density at radius 2 is 1.82 bits per heavy atom. The van der Waals surface area contributed by atoms with Crippen LogP contribution in [0, 0.1) is 0 Å². The molecule has 0 fully saturated rings. The molecule has 0 saturated heterocycles. The number of aliphatic hydroxyl groups is 1. The molecule has 7 nitrogen and oxygen atoms in total. The number of benzene rings is 1. The number of rotatable bonds is 16. The molecule has 3 N–H and O–H groups in total. The second-order valence-electron chi connectivity index (χ2n) is 6.66. The van der Waals surface area contributed by atoms with Crippen molar-refractivity contribution in [1.82, 2.24) is 4.72 Å². The van der Waals surface area contributed by atoms with E-state index in [0.717, 1.165) is 12.8 Å². The number of hydrogen-bond donors (Lipinski definition) is 3. The highest BCUT2D eigenvalue weighted by molar-refractivity contribution is 7.89. The van der Waals surface area contributed by atoms with Gasteiger partial charge in [0.2, 0.25) is 10.0 Å². The number of para-hydroxylation sites is 1. The van der Waals surface area contributed by atoms with Gasteiger partial charge in [0.15, 0.2) is 0 Å². The Morgan fingerprint density at radius 3 is 2.54 bits per heavy atom. The van der Waals surface area contributed by atoms with E-state index in [-0.39, 0.29) is 18.8 Å². The Hall–Kier alpha value is -1.35. The average Bonchev–Trinajstić information content (AvgIpc) is 2.63. The van der Waals surface area contributed by atoms with Crippen molar-refractivity contribution in [2.75, 3.05) is 18.9 Å². The highest BCUT2D eigenvalue weighted by atomic mass is 35.5. The predicted octanol–water partition coefficient (Wildman–Crippen LogP) is 3.20. The van der Waals surface area contributed by atoms with E-state index in [0.29, 0.717) is 49.4 Å². The van der Waals surface area contributed by atoms with E-state index in [4.69, 9.17) is 21.4 Å². The standard InChI is InChI=1S/C19H30ClNO6S/c20-17-10-4-5-11-18(17)27-15-16(22)9-6-8-14-28(25,26)21-13-7-2-1-3-12-19(23)24/h4-5,10-11,16,21-22H,1-3,6-9,12-15H2,(H,23,24). The van der Waals surface area contributed by atoms with Crippen molar-refractivity contribution in [3.63, 3.8) is 0 Å². The van der Waals surface area contributed by atoms with Gasteiger partial charge in [-0.1, -0.05) is 36.6 Å². The fourth-order valence-electron chi connectivity index (χ4n) is 2.56. The number of ether oxygens (including phenoxy) is 1. The number of carboxylic acids is 1. The summed E-state index contributed by atoms with van der Waals surface area (Å²) in [7, 11) is -3.32. The van der Waals surface area contributed by atoms with Crippen LogP contribution < -0.4 is 9.46 Å². The molecule has 0 aliphatic carbocycles. The minimum Gasteiger partial charge on any atom is -0.489 e. The lowest BCUT2D eigenvalue weighted by Gasteiger charge is -2.13. The lowest BCUT2D eigenvalue weighted by Crippen LogP contribution is -2.27. The van der Waals surface area contributed by atoms with Gasteiger partial charge in [0.1, 0.15) is 12.4 Å². The van der Waals surface area contributed by atoms with Gasteiger partial charge >= 0.3 is 5.97 Å². The predicted molar refractivity (Wildman–Crippen MR) is 109 cm³/mol. The third-order valence-corrected chi connectivity index (χ3v) is 5.89. The molecule has 0 heterocycles. The zero-order chi connectivity index (χ0) is 20.8. The average molecular weight is 436 g/mol. The first kappa shape index (κ1) is 24.7. The summed E-state index contributed by atoms with van der Waals surface area (Å²) in [5, 5.41) is 19.0. The van der Waals surface area contributed by atoms with E-state index >= 15 is 0 Å². The number of aliphatic carboxylic acids is 1. The molecule has 1 unspecified atom stereocenters. The first-order valence-electron chi connectivity index (χ1n) is 9.54. The molecule has 9 heteroatoms. The van der Waals surface area contributed by atoms with Crippen LogP contribution in [-0.2, 0) is 14.8 Å². The van der Waals surface area contributed by atoms with E-state index in [2.05, 4.69) is 4.72 Å². The Kier molecular flexibility index (Phi) is 12.1. The topological polar surface area (TPSA) is 113 Å². The van der Waals surface area contributed by atoms with E-state index in [1.807, 2.05) is 0 Å². The molecule has 0 saturated carbocycles. The summed E-state index contributed by atoms with van der Waals surface area (Å²) in [5.74, 6) is -0.274. The quantitative estimate of drug-likeness (QED) is 0.343. The molecule has 0 amide bonds. The maximum atomic E-state index is 11.9. The Bertz CT molecular complexity index is 683. The number of hydrogen-bond acceptors (Lipinski definition) is 5. The first-order valence-corrected chi connectivity index (χ1v) is 11.6. The summed E-state index contributed by atoms with van der Waals surface area (Å²) in [6.07, 6.45) is 3.83. The molecular weight excluding hydrogens is 406 g/mol. The number of nitrogens with one attached hydrogen (secondary N) is 1. The van der Waals surface area contributed by atoms with Crippen LogP contribution in [0.4, 0.5) is 0 Å². The minimum absolute atomic E-state index is 0.0180. The third kappa shape index (κ3) is 12.2. The monoisotopic (exact) mass is 435 g/mol. The summed E-state index contributed by atoms with van der Waals surface area (Å²) in [6, 6.07) is 7.01. The molecule has 28 heavy (non-hydrogen) atoms. The molecule has 0 spiro atoms. The van der Waals surface area contributed by atoms with Crippen molar-refractivity contribution in [2.24, 2.45) is 0 Å². The number of carboxylic acid groups (broad SMARTS) is 1. The number of aliphatic hydroxyl groups excluding tert-OH is 1. The van der Waals surface area contributed by atoms with Crippen LogP contribution >= 0.6 is 11.6 Å². The lowest BCUT2D eigenvalue weighted by atomic mass is 10.1. The fraction of sp³-hybridized carbons (Fsp3) is 0.632. The van der Waals surface area contributed by atoms with Crippen molar-refractivity contribution >= 4 is 27.6 Å². The first-order chi connectivity index (χ1) is 13.3. The van der Waals surface area contributed by atoms with Crippen LogP contribution in [0.3, 0.4) is 0 Å². The van der Waals surface area contributed by atoms with E-state index < -0.39 is 22.1 Å². The zero-order valence-electron chi connectivity index (χ0n) is 16.0. The van der Waals surface area contributed by atoms with E-state index in [1.54, 1.807) is 24.3 Å². The van der Waals surface area contributed by atoms with Gasteiger partial charge in [-0.15, -0.1) is 0 Å². The van der Waals surface area contributed by atoms with Crippen LogP contribution in [0.15, 0.2) is 24.3 Å². The van der Waals surface area contributed by atoms with Gasteiger partial charge in [-0.25, -0.2) is 13.1 Å². The van der Waals surface area contributed by atoms with Crippen LogP contribution in [-0.4, -0.2) is 49.6 Å². The van der Waals surface area contributed by atoms with Crippen molar-refractivity contribution in [3.8, 4) is 5.75 Å². The van der Waals surface area contributed by atoms with Crippen LogP contribution in [0.1, 0.15) is 51.4 Å². The summed E-state index contributed by atoms with van der Waals surface area (Å²) in [5.41, 5.74) is 0. The molecule has 0 bridgehead atoms. The van der Waals surface area contributed by atoms with Crippen molar-refractivity contribution < 1.29 is 28.2 Å². The summed E-state index contributed by atoms with van der Waals surface area (Å²) < 4.78 is 31.8. The van der Waals surface area contributed by atoms with Crippen molar-refractivity contribution in [3.05, 3.63) is 29.3 Å². The fourth-order valence-corrected chi connectivity index (χ4v) is 3.93. The number of carbonyl (C=O) groups is 1. The molecule has 1 rings (SSSR count). The Morgan fingerprint density at radius 1 is 1.11 bits per heavy atom. The van der Waals surface area contributed by atoms with Gasteiger partial charge in [0.05, 0.1) is 16.9 Å². The third-order valence-electron chi connectivity index (χ3n) is 4.11. The number of unbranched alkanes of at least 4 members (excludes halogenated alkanes) is 4. The molecule has 0 aliphatic heterocycles. The second kappa shape index (κ2) is 13.8. The van der Waals surface area contributed by atoms with Crippen LogP contribution in [0.5, 0.6) is 5.75 Å². The molecule has 0 aliphatic rings. The zero-order valence-corrected chi connectivity index (χ0v) is 17.6. The van der Waals surface area contributed by atoms with Crippen LogP contribution in [0.25, 0.3) is 0 Å². The van der Waals surface area contributed by atoms with Gasteiger partial charge in [-0.2, -0.15) is 0 Å². The minimum atomic E-state index is -3.32. The van der Waals surface area contributed by atoms with E-state index in [9.17, 15) is 18.3 Å². The molecule has 160 valence electrons. The summed E-state index contributed by atoms with van der Waals surface area (Å²) in [6.45, 7) is 0.473. The van der Waals surface area contributed by atoms with Crippen molar-refractivity contribution in [1.29, 1.82) is 0 Å². The molecule has 0 radical (unpaired) electrons. The SMILES string of the molecule is O=C(O)CCCCCCNS(=O)(=O)CCCCC(O)COc1ccccc1Cl. The second-order valence-corrected chi connectivity index (χ2v) is 9.00. The largest absolute Gasteiger partial charge is 0.489 e.